The topological polar surface area (TPSA) is 58.9 Å². The Kier molecular flexibility index (Phi) is 5.16. The number of halogens is 1. The Morgan fingerprint density at radius 1 is 1.23 bits per heavy atom. The van der Waals surface area contributed by atoms with Gasteiger partial charge in [-0.1, -0.05) is 11.8 Å². The smallest absolute Gasteiger partial charge is 0.197 e. The van der Waals surface area contributed by atoms with Crippen LogP contribution in [0.15, 0.2) is 29.4 Å². The number of hydrogen-bond acceptors (Lipinski definition) is 4. The number of aromatic nitrogens is 3. The number of rotatable bonds is 5. The molecule has 116 valence electrons. The summed E-state index contributed by atoms with van der Waals surface area (Å²) in [5.74, 6) is 0.503. The van der Waals surface area contributed by atoms with Gasteiger partial charge in [-0.3, -0.25) is 4.57 Å². The van der Waals surface area contributed by atoms with Crippen LogP contribution in [0.4, 0.5) is 4.39 Å². The van der Waals surface area contributed by atoms with Gasteiger partial charge in [-0.15, -0.1) is 10.2 Å². The molecule has 1 aromatic heterocycles. The Balaban J connectivity index is 2.52. The third kappa shape index (κ3) is 3.46. The first-order valence-corrected chi connectivity index (χ1v) is 7.89. The molecule has 0 aliphatic rings. The molecule has 0 fully saturated rings. The van der Waals surface area contributed by atoms with Crippen LogP contribution in [0.25, 0.3) is 5.69 Å². The molecule has 1 aromatic carbocycles. The van der Waals surface area contributed by atoms with Crippen molar-refractivity contribution in [3.63, 3.8) is 0 Å². The van der Waals surface area contributed by atoms with E-state index in [-0.39, 0.29) is 17.1 Å². The van der Waals surface area contributed by atoms with Crippen LogP contribution >= 0.6 is 11.8 Å². The number of nitrogens with one attached hydrogen (secondary N) is 1. The van der Waals surface area contributed by atoms with Gasteiger partial charge in [-0.05, 0) is 38.1 Å². The van der Waals surface area contributed by atoms with E-state index in [9.17, 15) is 4.39 Å². The van der Waals surface area contributed by atoms with E-state index in [0.717, 1.165) is 11.5 Å². The van der Waals surface area contributed by atoms with Crippen molar-refractivity contribution in [1.29, 1.82) is 5.26 Å². The van der Waals surface area contributed by atoms with Crippen LogP contribution in [0.5, 0.6) is 0 Å². The second-order valence-electron chi connectivity index (χ2n) is 5.34. The summed E-state index contributed by atoms with van der Waals surface area (Å²) in [6, 6.07) is 8.51. The molecule has 1 heterocycles. The number of benzene rings is 1. The Morgan fingerprint density at radius 2 is 1.86 bits per heavy atom. The lowest BCUT2D eigenvalue weighted by Crippen LogP contribution is -3.05. The maximum absolute atomic E-state index is 13.2. The summed E-state index contributed by atoms with van der Waals surface area (Å²) in [5.41, 5.74) is 0.794. The molecule has 2 aromatic rings. The van der Waals surface area contributed by atoms with E-state index in [1.165, 1.54) is 28.8 Å². The third-order valence-corrected chi connectivity index (χ3v) is 4.39. The Hall–Kier alpha value is -1.91. The van der Waals surface area contributed by atoms with Crippen molar-refractivity contribution in [1.82, 2.24) is 14.8 Å². The Bertz CT molecular complexity index is 674. The van der Waals surface area contributed by atoms with Crippen LogP contribution in [0, 0.1) is 17.1 Å². The van der Waals surface area contributed by atoms with Crippen molar-refractivity contribution in [2.75, 3.05) is 14.1 Å². The van der Waals surface area contributed by atoms with E-state index in [0.29, 0.717) is 5.16 Å². The zero-order valence-corrected chi connectivity index (χ0v) is 13.9. The van der Waals surface area contributed by atoms with Gasteiger partial charge < -0.3 is 4.90 Å². The average Bonchev–Trinajstić information content (AvgIpc) is 2.90. The van der Waals surface area contributed by atoms with Gasteiger partial charge in [0.05, 0.1) is 25.4 Å². The molecule has 0 radical (unpaired) electrons. The first kappa shape index (κ1) is 16.5. The molecule has 2 atom stereocenters. The predicted octanol–water partition coefficient (Wildman–Crippen LogP) is 1.62. The molecule has 0 unspecified atom stereocenters. The molecule has 0 aliphatic carbocycles. The number of hydrogen-bond donors (Lipinski definition) is 1. The Morgan fingerprint density at radius 3 is 2.41 bits per heavy atom. The van der Waals surface area contributed by atoms with E-state index in [4.69, 9.17) is 5.26 Å². The molecule has 0 aliphatic heterocycles. The van der Waals surface area contributed by atoms with Gasteiger partial charge in [0.1, 0.15) is 11.9 Å². The fraction of sp³-hybridized carbons (Fsp3) is 0.400. The van der Waals surface area contributed by atoms with E-state index in [1.807, 2.05) is 25.6 Å². The molecule has 0 amide bonds. The van der Waals surface area contributed by atoms with Crippen LogP contribution in [-0.2, 0) is 0 Å². The summed E-state index contributed by atoms with van der Waals surface area (Å²) in [4.78, 5) is 1.21. The first-order chi connectivity index (χ1) is 10.4. The summed E-state index contributed by atoms with van der Waals surface area (Å²) in [6.45, 7) is 3.87. The van der Waals surface area contributed by atoms with Crippen molar-refractivity contribution < 1.29 is 9.29 Å². The summed E-state index contributed by atoms with van der Waals surface area (Å²) >= 11 is 1.34. The summed E-state index contributed by atoms with van der Waals surface area (Å²) in [7, 11) is 4.08. The van der Waals surface area contributed by atoms with Gasteiger partial charge in [-0.25, -0.2) is 4.39 Å². The molecular weight excluding hydrogens is 301 g/mol. The molecule has 0 saturated heterocycles. The zero-order valence-electron chi connectivity index (χ0n) is 13.0. The van der Waals surface area contributed by atoms with Crippen molar-refractivity contribution in [2.24, 2.45) is 0 Å². The maximum atomic E-state index is 13.2. The molecule has 1 N–H and O–H groups in total. The lowest BCUT2D eigenvalue weighted by Gasteiger charge is -2.18. The zero-order chi connectivity index (χ0) is 16.3. The molecule has 0 saturated carbocycles. The normalized spacial score (nSPS) is 13.9. The third-order valence-electron chi connectivity index (χ3n) is 3.46. The lowest BCUT2D eigenvalue weighted by molar-refractivity contribution is -0.890. The predicted molar refractivity (Wildman–Crippen MR) is 83.5 cm³/mol. The van der Waals surface area contributed by atoms with Gasteiger partial charge in [-0.2, -0.15) is 5.26 Å². The minimum Gasteiger partial charge on any atom is -0.331 e. The van der Waals surface area contributed by atoms with E-state index in [2.05, 4.69) is 23.2 Å². The van der Waals surface area contributed by atoms with Crippen molar-refractivity contribution in [3.05, 3.63) is 35.9 Å². The molecule has 5 nitrogen and oxygen atoms in total. The molecule has 0 spiro atoms. The first-order valence-electron chi connectivity index (χ1n) is 7.01. The monoisotopic (exact) mass is 320 g/mol. The molecule has 22 heavy (non-hydrogen) atoms. The number of thioether (sulfide) groups is 1. The second kappa shape index (κ2) is 6.90. The fourth-order valence-corrected chi connectivity index (χ4v) is 2.67. The molecule has 0 bridgehead atoms. The number of quaternary nitrogens is 1. The molecule has 7 heteroatoms. The van der Waals surface area contributed by atoms with Crippen molar-refractivity contribution in [3.8, 4) is 11.8 Å². The number of nitrogens with zero attached hydrogens (tertiary/aromatic N) is 4. The summed E-state index contributed by atoms with van der Waals surface area (Å²) in [5, 5.41) is 17.9. The van der Waals surface area contributed by atoms with E-state index >= 15 is 0 Å². The highest BCUT2D eigenvalue weighted by molar-refractivity contribution is 8.00. The van der Waals surface area contributed by atoms with Crippen LogP contribution in [0.1, 0.15) is 25.7 Å². The SMILES string of the molecule is C[C@H](C#N)Sc1nnc([C@H](C)[NH+](C)C)n1-c1ccc(F)cc1. The van der Waals surface area contributed by atoms with Gasteiger partial charge >= 0.3 is 0 Å². The minimum atomic E-state index is -0.288. The quantitative estimate of drug-likeness (QED) is 0.851. The van der Waals surface area contributed by atoms with E-state index < -0.39 is 0 Å². The minimum absolute atomic E-state index is 0.115. The molecular formula is C15H19FN5S+. The highest BCUT2D eigenvalue weighted by atomic mass is 32.2. The Labute approximate surface area is 133 Å². The van der Waals surface area contributed by atoms with Gasteiger partial charge in [0, 0.05) is 5.69 Å². The van der Waals surface area contributed by atoms with Gasteiger partial charge in [0.2, 0.25) is 0 Å². The number of nitriles is 1. The standard InChI is InChI=1S/C15H18FN5S/c1-10(9-17)22-15-19-18-14(11(2)20(3)4)21(15)13-7-5-12(16)6-8-13/h5-8,10-11H,1-4H3/p+1/t10-,11+/m1/s1. The largest absolute Gasteiger partial charge is 0.331 e. The van der Waals surface area contributed by atoms with Crippen molar-refractivity contribution >= 4 is 11.8 Å². The fourth-order valence-electron chi connectivity index (χ4n) is 1.91. The van der Waals surface area contributed by atoms with Crippen LogP contribution < -0.4 is 4.90 Å². The second-order valence-corrected chi connectivity index (χ2v) is 6.65. The van der Waals surface area contributed by atoms with Crippen LogP contribution in [0.3, 0.4) is 0 Å². The van der Waals surface area contributed by atoms with Crippen LogP contribution in [0.2, 0.25) is 0 Å². The maximum Gasteiger partial charge on any atom is 0.197 e. The molecule has 2 rings (SSSR count). The highest BCUT2D eigenvalue weighted by Gasteiger charge is 2.24. The highest BCUT2D eigenvalue weighted by Crippen LogP contribution is 2.27. The van der Waals surface area contributed by atoms with Crippen LogP contribution in [-0.4, -0.2) is 34.1 Å². The van der Waals surface area contributed by atoms with Crippen molar-refractivity contribution in [2.45, 2.75) is 30.3 Å². The van der Waals surface area contributed by atoms with E-state index in [1.54, 1.807) is 12.1 Å². The lowest BCUT2D eigenvalue weighted by atomic mass is 10.2. The average molecular weight is 320 g/mol. The van der Waals surface area contributed by atoms with Gasteiger partial charge in [0.15, 0.2) is 11.0 Å². The summed E-state index contributed by atoms with van der Waals surface area (Å²) < 4.78 is 15.1. The summed E-state index contributed by atoms with van der Waals surface area (Å²) in [6.07, 6.45) is 0. The van der Waals surface area contributed by atoms with Gasteiger partial charge in [0.25, 0.3) is 0 Å².